The van der Waals surface area contributed by atoms with Crippen LogP contribution in [0.25, 0.3) is 0 Å². The van der Waals surface area contributed by atoms with E-state index in [-0.39, 0.29) is 0 Å². The standard InChI is InChI=1S/C16H27N3S/c1-11(16-12(2)20-13(3)18-16)19(15-4-5-15)10-14-6-8-17-9-7-14/h11,14-15,17H,4-10H2,1-3H3. The number of nitrogens with one attached hydrogen (secondary N) is 1. The van der Waals surface area contributed by atoms with Gasteiger partial charge >= 0.3 is 0 Å². The molecule has 0 radical (unpaired) electrons. The molecule has 1 aromatic rings. The van der Waals surface area contributed by atoms with Crippen LogP contribution < -0.4 is 5.32 Å². The maximum Gasteiger partial charge on any atom is 0.0900 e. The molecule has 1 aliphatic carbocycles. The van der Waals surface area contributed by atoms with Crippen LogP contribution in [-0.4, -0.2) is 35.6 Å². The number of thiazole rings is 1. The van der Waals surface area contributed by atoms with E-state index >= 15 is 0 Å². The van der Waals surface area contributed by atoms with Crippen molar-refractivity contribution >= 4 is 11.3 Å². The third kappa shape index (κ3) is 3.23. The Morgan fingerprint density at radius 1 is 1.25 bits per heavy atom. The molecule has 1 atom stereocenters. The van der Waals surface area contributed by atoms with Gasteiger partial charge in [-0.05, 0) is 65.5 Å². The Morgan fingerprint density at radius 3 is 2.50 bits per heavy atom. The minimum absolute atomic E-state index is 0.488. The highest BCUT2D eigenvalue weighted by atomic mass is 32.1. The van der Waals surface area contributed by atoms with Crippen LogP contribution in [0.15, 0.2) is 0 Å². The van der Waals surface area contributed by atoms with Gasteiger partial charge in [0.15, 0.2) is 0 Å². The molecule has 20 heavy (non-hydrogen) atoms. The molecule has 1 saturated heterocycles. The predicted octanol–water partition coefficient (Wildman–Crippen LogP) is 3.28. The first-order chi connectivity index (χ1) is 9.65. The molecule has 0 aromatic carbocycles. The van der Waals surface area contributed by atoms with Crippen molar-refractivity contribution in [2.24, 2.45) is 5.92 Å². The summed E-state index contributed by atoms with van der Waals surface area (Å²) in [6.45, 7) is 10.4. The fourth-order valence-corrected chi connectivity index (χ4v) is 4.39. The van der Waals surface area contributed by atoms with Crippen molar-refractivity contribution in [3.63, 3.8) is 0 Å². The van der Waals surface area contributed by atoms with Gasteiger partial charge in [-0.1, -0.05) is 0 Å². The molecule has 1 N–H and O–H groups in total. The molecule has 4 heteroatoms. The van der Waals surface area contributed by atoms with Crippen LogP contribution in [0.4, 0.5) is 0 Å². The lowest BCUT2D eigenvalue weighted by Gasteiger charge is -2.34. The number of rotatable bonds is 5. The third-order valence-electron chi connectivity index (χ3n) is 4.78. The average molecular weight is 293 g/mol. The van der Waals surface area contributed by atoms with Crippen LogP contribution in [0.5, 0.6) is 0 Å². The van der Waals surface area contributed by atoms with Crippen molar-refractivity contribution in [2.75, 3.05) is 19.6 Å². The van der Waals surface area contributed by atoms with E-state index in [1.807, 2.05) is 11.3 Å². The van der Waals surface area contributed by atoms with E-state index in [0.717, 1.165) is 12.0 Å². The van der Waals surface area contributed by atoms with Gasteiger partial charge in [-0.25, -0.2) is 4.98 Å². The number of hydrogen-bond acceptors (Lipinski definition) is 4. The fraction of sp³-hybridized carbons (Fsp3) is 0.812. The topological polar surface area (TPSA) is 28.2 Å². The second kappa shape index (κ2) is 6.12. The first-order valence-corrected chi connectivity index (χ1v) is 8.87. The second-order valence-electron chi connectivity index (χ2n) is 6.47. The van der Waals surface area contributed by atoms with Gasteiger partial charge in [0, 0.05) is 17.5 Å². The first-order valence-electron chi connectivity index (χ1n) is 8.05. The minimum Gasteiger partial charge on any atom is -0.317 e. The summed E-state index contributed by atoms with van der Waals surface area (Å²) in [5.41, 5.74) is 1.33. The summed E-state index contributed by atoms with van der Waals surface area (Å²) < 4.78 is 0. The Bertz CT molecular complexity index is 447. The van der Waals surface area contributed by atoms with Crippen LogP contribution in [0.2, 0.25) is 0 Å². The first kappa shape index (κ1) is 14.5. The van der Waals surface area contributed by atoms with Gasteiger partial charge in [-0.3, -0.25) is 4.90 Å². The van der Waals surface area contributed by atoms with E-state index < -0.39 is 0 Å². The van der Waals surface area contributed by atoms with Crippen LogP contribution in [0.3, 0.4) is 0 Å². The number of aryl methyl sites for hydroxylation is 2. The second-order valence-corrected chi connectivity index (χ2v) is 7.88. The molecular weight excluding hydrogens is 266 g/mol. The average Bonchev–Trinajstić information content (AvgIpc) is 3.22. The Balaban J connectivity index is 1.71. The molecular formula is C16H27N3S. The molecule has 2 aliphatic rings. The molecule has 112 valence electrons. The number of nitrogens with zero attached hydrogens (tertiary/aromatic N) is 2. The van der Waals surface area contributed by atoms with Gasteiger partial charge in [-0.15, -0.1) is 11.3 Å². The number of aromatic nitrogens is 1. The van der Waals surface area contributed by atoms with Gasteiger partial charge in [-0.2, -0.15) is 0 Å². The molecule has 1 saturated carbocycles. The molecule has 2 heterocycles. The summed E-state index contributed by atoms with van der Waals surface area (Å²) in [4.78, 5) is 8.95. The molecule has 1 unspecified atom stereocenters. The molecule has 1 aromatic heterocycles. The van der Waals surface area contributed by atoms with Crippen molar-refractivity contribution < 1.29 is 0 Å². The highest BCUT2D eigenvalue weighted by Gasteiger charge is 2.35. The Labute approximate surface area is 126 Å². The van der Waals surface area contributed by atoms with Gasteiger partial charge in [0.2, 0.25) is 0 Å². The van der Waals surface area contributed by atoms with E-state index in [0.29, 0.717) is 6.04 Å². The van der Waals surface area contributed by atoms with E-state index in [4.69, 9.17) is 4.98 Å². The van der Waals surface area contributed by atoms with E-state index in [1.54, 1.807) is 0 Å². The summed E-state index contributed by atoms with van der Waals surface area (Å²) in [6, 6.07) is 1.31. The highest BCUT2D eigenvalue weighted by Crippen LogP contribution is 2.37. The molecule has 0 spiro atoms. The molecule has 0 bridgehead atoms. The van der Waals surface area contributed by atoms with Gasteiger partial charge in [0.25, 0.3) is 0 Å². The molecule has 3 nitrogen and oxygen atoms in total. The third-order valence-corrected chi connectivity index (χ3v) is 5.68. The normalized spacial score (nSPS) is 22.4. The minimum atomic E-state index is 0.488. The van der Waals surface area contributed by atoms with Gasteiger partial charge in [0.05, 0.1) is 16.7 Å². The van der Waals surface area contributed by atoms with Gasteiger partial charge in [0.1, 0.15) is 0 Å². The fourth-order valence-electron chi connectivity index (χ4n) is 3.48. The van der Waals surface area contributed by atoms with Crippen molar-refractivity contribution in [1.82, 2.24) is 15.2 Å². The molecule has 1 aliphatic heterocycles. The summed E-state index contributed by atoms with van der Waals surface area (Å²) in [5, 5.41) is 4.69. The van der Waals surface area contributed by atoms with Crippen molar-refractivity contribution in [1.29, 1.82) is 0 Å². The quantitative estimate of drug-likeness (QED) is 0.903. The summed E-state index contributed by atoms with van der Waals surface area (Å²) in [6.07, 6.45) is 5.45. The monoisotopic (exact) mass is 293 g/mol. The Morgan fingerprint density at radius 2 is 1.95 bits per heavy atom. The van der Waals surface area contributed by atoms with E-state index in [2.05, 4.69) is 31.0 Å². The molecule has 0 amide bonds. The van der Waals surface area contributed by atoms with Crippen LogP contribution >= 0.6 is 11.3 Å². The Hall–Kier alpha value is -0.450. The van der Waals surface area contributed by atoms with Crippen LogP contribution in [-0.2, 0) is 0 Å². The Kier molecular flexibility index (Phi) is 4.43. The zero-order chi connectivity index (χ0) is 14.1. The summed E-state index contributed by atoms with van der Waals surface area (Å²) >= 11 is 1.85. The zero-order valence-corrected chi connectivity index (χ0v) is 13.8. The van der Waals surface area contributed by atoms with Gasteiger partial charge < -0.3 is 5.32 Å². The molecule has 3 rings (SSSR count). The zero-order valence-electron chi connectivity index (χ0n) is 13.0. The van der Waals surface area contributed by atoms with Crippen molar-refractivity contribution in [3.8, 4) is 0 Å². The lowest BCUT2D eigenvalue weighted by Crippen LogP contribution is -2.38. The van der Waals surface area contributed by atoms with Crippen molar-refractivity contribution in [3.05, 3.63) is 15.6 Å². The van der Waals surface area contributed by atoms with E-state index in [9.17, 15) is 0 Å². The smallest absolute Gasteiger partial charge is 0.0900 e. The highest BCUT2D eigenvalue weighted by molar-refractivity contribution is 7.11. The SMILES string of the molecule is Cc1nc(C(C)N(CC2CCNCC2)C2CC2)c(C)s1. The molecule has 2 fully saturated rings. The maximum atomic E-state index is 4.80. The lowest BCUT2D eigenvalue weighted by molar-refractivity contribution is 0.149. The maximum absolute atomic E-state index is 4.80. The lowest BCUT2D eigenvalue weighted by atomic mass is 9.96. The summed E-state index contributed by atoms with van der Waals surface area (Å²) in [7, 11) is 0. The van der Waals surface area contributed by atoms with E-state index in [1.165, 1.54) is 60.9 Å². The predicted molar refractivity (Wildman–Crippen MR) is 85.3 cm³/mol. The van der Waals surface area contributed by atoms with Crippen molar-refractivity contribution in [2.45, 2.75) is 58.5 Å². The number of hydrogen-bond donors (Lipinski definition) is 1. The summed E-state index contributed by atoms with van der Waals surface area (Å²) in [5.74, 6) is 0.874. The number of piperidine rings is 1. The van der Waals surface area contributed by atoms with Crippen LogP contribution in [0.1, 0.15) is 54.2 Å². The largest absolute Gasteiger partial charge is 0.317 e. The van der Waals surface area contributed by atoms with Crippen LogP contribution in [0, 0.1) is 19.8 Å².